The summed E-state index contributed by atoms with van der Waals surface area (Å²) in [5.41, 5.74) is 0. The number of hydrogen-bond donors (Lipinski definition) is 0. The van der Waals surface area contributed by atoms with Gasteiger partial charge in [-0.3, -0.25) is 0 Å². The van der Waals surface area contributed by atoms with E-state index in [4.69, 9.17) is 27.9 Å². The van der Waals surface area contributed by atoms with Crippen molar-refractivity contribution in [1.29, 1.82) is 0 Å². The summed E-state index contributed by atoms with van der Waals surface area (Å²) in [6.07, 6.45) is 0. The summed E-state index contributed by atoms with van der Waals surface area (Å²) >= 11 is 0. The van der Waals surface area contributed by atoms with Crippen LogP contribution in [0.25, 0.3) is 0 Å². The molecule has 0 aliphatic rings. The van der Waals surface area contributed by atoms with Gasteiger partial charge in [0.1, 0.15) is 0 Å². The molecule has 0 aromatic rings. The van der Waals surface area contributed by atoms with Crippen molar-refractivity contribution in [3.05, 3.63) is 39.9 Å². The van der Waals surface area contributed by atoms with E-state index in [-0.39, 0.29) is 48.1 Å². The molecule has 0 amide bonds. The normalized spacial score (nSPS) is 0.857. The van der Waals surface area contributed by atoms with Crippen molar-refractivity contribution in [3.63, 3.8) is 0 Å². The summed E-state index contributed by atoms with van der Waals surface area (Å²) in [6.45, 7) is 27.0. The Bertz CT molecular complexity index is 97.3. The van der Waals surface area contributed by atoms with Crippen LogP contribution in [0.4, 0.5) is 0 Å². The van der Waals surface area contributed by atoms with Crippen molar-refractivity contribution < 1.29 is 76.0 Å². The topological polar surface area (TPSA) is 119 Å². The molecule has 0 heterocycles. The average Bonchev–Trinajstić information content (AvgIpc) is 2.33. The van der Waals surface area contributed by atoms with Gasteiger partial charge >= 0.3 is 97.4 Å². The molecule has 0 spiro atoms. The maximum absolute atomic E-state index is 7.50. The van der Waals surface area contributed by atoms with Gasteiger partial charge in [0, 0.05) is 18.6 Å². The maximum Gasteiger partial charge on any atom is 1.00 e. The summed E-state index contributed by atoms with van der Waals surface area (Å²) in [4.78, 5) is 0. The third-order valence-electron chi connectivity index (χ3n) is 0. The summed E-state index contributed by atoms with van der Waals surface area (Å²) in [5, 5.41) is 0. The van der Waals surface area contributed by atoms with Gasteiger partial charge < -0.3 is 0 Å². The van der Waals surface area contributed by atoms with Crippen LogP contribution in [0.3, 0.4) is 0 Å². The third kappa shape index (κ3) is 2450000. The molecule has 0 unspecified atom stereocenters. The molecule has 0 N–H and O–H groups in total. The van der Waals surface area contributed by atoms with Gasteiger partial charge in [-0.25, -0.2) is 0 Å². The Labute approximate surface area is 115 Å². The van der Waals surface area contributed by atoms with Crippen molar-refractivity contribution in [2.75, 3.05) is 0 Å². The molecule has 0 fully saturated rings. The number of hydrogen-bond acceptors (Lipinski definition) is 0. The monoisotopic (exact) mass is 242 g/mol. The number of rotatable bonds is 0. The third-order valence-corrected chi connectivity index (χ3v) is 0. The van der Waals surface area contributed by atoms with E-state index in [2.05, 4.69) is 39.9 Å². The van der Waals surface area contributed by atoms with Crippen LogP contribution in [0.5, 0.6) is 0 Å². The largest absolute Gasteiger partial charge is 1.00 e. The molecule has 0 aliphatic heterocycles. The van der Waals surface area contributed by atoms with Crippen molar-refractivity contribution in [1.82, 2.24) is 0 Å². The van der Waals surface area contributed by atoms with Crippen LogP contribution in [0.15, 0.2) is 0 Å². The van der Waals surface area contributed by atoms with Gasteiger partial charge in [0.15, 0.2) is 0 Å². The zero-order chi connectivity index (χ0) is 12.0. The average molecular weight is 242 g/mol. The van der Waals surface area contributed by atoms with Gasteiger partial charge in [-0.2, -0.15) is 0 Å². The Morgan fingerprint density at radius 2 is 0.357 bits per heavy atom. The fourth-order valence-electron chi connectivity index (χ4n) is 0. The van der Waals surface area contributed by atoms with E-state index in [1.165, 1.54) is 0 Å². The molecule has 0 saturated heterocycles. The van der Waals surface area contributed by atoms with E-state index in [9.17, 15) is 0 Å². The maximum atomic E-state index is 7.50. The van der Waals surface area contributed by atoms with Crippen LogP contribution < -0.4 is 29.6 Å². The molecule has 0 aromatic heterocycles. The SMILES string of the molecule is [C-]#[O+].[C-]#[O+].[C-]#[O+].[C-]#[O+].[C-]#[O+].[C-]#[O+].[Na+].[V]. The predicted molar refractivity (Wildman–Crippen MR) is 23.6 cm³/mol. The van der Waals surface area contributed by atoms with E-state index in [1.807, 2.05) is 0 Å². The van der Waals surface area contributed by atoms with Crippen molar-refractivity contribution in [2.45, 2.75) is 0 Å². The molecule has 65 valence electrons. The molecular weight excluding hydrogens is 242 g/mol. The van der Waals surface area contributed by atoms with Gasteiger partial charge in [-0.15, -0.1) is 0 Å². The van der Waals surface area contributed by atoms with Gasteiger partial charge in [-0.1, -0.05) is 0 Å². The first kappa shape index (κ1) is 65.5. The van der Waals surface area contributed by atoms with Crippen LogP contribution in [0.1, 0.15) is 0 Å². The second kappa shape index (κ2) is 3160000. The fourth-order valence-corrected chi connectivity index (χ4v) is 0. The zero-order valence-electron chi connectivity index (χ0n) is 6.90. The van der Waals surface area contributed by atoms with Crippen LogP contribution in [0.2, 0.25) is 0 Å². The second-order valence-corrected chi connectivity index (χ2v) is 0. The summed E-state index contributed by atoms with van der Waals surface area (Å²) < 4.78 is 45.0. The first-order chi connectivity index (χ1) is 6.00. The minimum atomic E-state index is 0. The minimum Gasteiger partial charge on any atom is 0 e. The van der Waals surface area contributed by atoms with Gasteiger partial charge in [0.25, 0.3) is 0 Å². The van der Waals surface area contributed by atoms with Crippen LogP contribution >= 0.6 is 0 Å². The van der Waals surface area contributed by atoms with Crippen LogP contribution in [-0.4, -0.2) is 0 Å². The van der Waals surface area contributed by atoms with Crippen LogP contribution in [-0.2, 0) is 46.5 Å². The molecule has 6 nitrogen and oxygen atoms in total. The molecule has 0 bridgehead atoms. The molecule has 14 heavy (non-hydrogen) atoms. The molecule has 0 rings (SSSR count). The Hall–Kier alpha value is 0.0244. The molecule has 0 aromatic carbocycles. The Morgan fingerprint density at radius 1 is 0.357 bits per heavy atom. The van der Waals surface area contributed by atoms with E-state index in [0.717, 1.165) is 0 Å². The standard InChI is InChI=1S/6CO.Na.V/c6*1-2;;/q;;;;;;+1;. The van der Waals surface area contributed by atoms with Crippen molar-refractivity contribution in [3.8, 4) is 0 Å². The van der Waals surface area contributed by atoms with E-state index in [0.29, 0.717) is 0 Å². The van der Waals surface area contributed by atoms with Gasteiger partial charge in [0.2, 0.25) is 0 Å². The summed E-state index contributed by atoms with van der Waals surface area (Å²) in [6, 6.07) is 0. The van der Waals surface area contributed by atoms with Crippen molar-refractivity contribution in [2.24, 2.45) is 0 Å². The zero-order valence-corrected chi connectivity index (χ0v) is 10.3. The molecule has 8 heteroatoms. The van der Waals surface area contributed by atoms with Crippen molar-refractivity contribution >= 4 is 0 Å². The minimum absolute atomic E-state index is 0. The molecule has 0 atom stereocenters. The van der Waals surface area contributed by atoms with Gasteiger partial charge in [-0.05, 0) is 0 Å². The van der Waals surface area contributed by atoms with E-state index in [1.54, 1.807) is 0 Å². The summed E-state index contributed by atoms with van der Waals surface area (Å²) in [7, 11) is 0. The quantitative estimate of drug-likeness (QED) is 0.241. The predicted octanol–water partition coefficient (Wildman–Crippen LogP) is -3.22. The molecule has 1 radical (unpaired) electrons. The fraction of sp³-hybridized carbons (Fsp3) is 0. The molecular formula is C6NaO6V+. The van der Waals surface area contributed by atoms with Crippen LogP contribution in [0, 0.1) is 39.9 Å². The Morgan fingerprint density at radius 3 is 0.357 bits per heavy atom. The Balaban J connectivity index is -0.00000000500. The molecule has 0 aliphatic carbocycles. The smallest absolute Gasteiger partial charge is 0 e. The first-order valence-electron chi connectivity index (χ1n) is 1.22. The van der Waals surface area contributed by atoms with Gasteiger partial charge in [0.05, 0.1) is 0 Å². The first-order valence-corrected chi connectivity index (χ1v) is 1.22. The van der Waals surface area contributed by atoms with E-state index >= 15 is 0 Å². The van der Waals surface area contributed by atoms with E-state index < -0.39 is 0 Å². The second-order valence-electron chi connectivity index (χ2n) is 0. The Kier molecular flexibility index (Phi) is 14800000. The molecule has 0 saturated carbocycles. The summed E-state index contributed by atoms with van der Waals surface area (Å²) in [5.74, 6) is 0.